The quantitative estimate of drug-likeness (QED) is 0.854. The normalized spacial score (nSPS) is 20.2. The van der Waals surface area contributed by atoms with Gasteiger partial charge in [0.15, 0.2) is 0 Å². The van der Waals surface area contributed by atoms with Crippen molar-refractivity contribution in [3.63, 3.8) is 0 Å². The van der Waals surface area contributed by atoms with Crippen molar-refractivity contribution in [1.29, 1.82) is 0 Å². The highest BCUT2D eigenvalue weighted by molar-refractivity contribution is 6.31. The third-order valence-corrected chi connectivity index (χ3v) is 3.87. The molecule has 1 aliphatic carbocycles. The molecule has 1 heterocycles. The minimum atomic E-state index is -1.07. The zero-order chi connectivity index (χ0) is 13.2. The van der Waals surface area contributed by atoms with Crippen molar-refractivity contribution >= 4 is 11.6 Å². The third-order valence-electron chi connectivity index (χ3n) is 3.58. The van der Waals surface area contributed by atoms with Crippen LogP contribution in [0.1, 0.15) is 37.5 Å². The Morgan fingerprint density at radius 1 is 1.56 bits per heavy atom. The van der Waals surface area contributed by atoms with Crippen LogP contribution in [0.25, 0.3) is 0 Å². The molecule has 18 heavy (non-hydrogen) atoms. The van der Waals surface area contributed by atoms with Gasteiger partial charge in [0, 0.05) is 7.11 Å². The molecule has 6 heteroatoms. The van der Waals surface area contributed by atoms with Gasteiger partial charge in [0.25, 0.3) is 0 Å². The van der Waals surface area contributed by atoms with Crippen molar-refractivity contribution in [1.82, 2.24) is 9.78 Å². The average Bonchev–Trinajstić information content (AvgIpc) is 2.93. The van der Waals surface area contributed by atoms with E-state index in [9.17, 15) is 10.2 Å². The van der Waals surface area contributed by atoms with Crippen LogP contribution in [0.3, 0.4) is 0 Å². The van der Waals surface area contributed by atoms with Crippen LogP contribution in [0, 0.1) is 0 Å². The Hall–Kier alpha value is -0.620. The van der Waals surface area contributed by atoms with Crippen LogP contribution < -0.4 is 0 Å². The number of rotatable bonds is 5. The number of aliphatic hydroxyl groups is 2. The van der Waals surface area contributed by atoms with E-state index in [2.05, 4.69) is 5.10 Å². The Morgan fingerprint density at radius 3 is 2.83 bits per heavy atom. The van der Waals surface area contributed by atoms with Gasteiger partial charge >= 0.3 is 0 Å². The molecule has 1 unspecified atom stereocenters. The molecule has 1 atom stereocenters. The summed E-state index contributed by atoms with van der Waals surface area (Å²) in [6.07, 6.45) is 3.55. The largest absolute Gasteiger partial charge is 0.387 e. The first-order chi connectivity index (χ1) is 8.58. The van der Waals surface area contributed by atoms with Crippen LogP contribution in [0.2, 0.25) is 5.02 Å². The first-order valence-electron chi connectivity index (χ1n) is 6.19. The fourth-order valence-electron chi connectivity index (χ4n) is 2.51. The molecule has 2 N–H and O–H groups in total. The van der Waals surface area contributed by atoms with Crippen molar-refractivity contribution in [3.8, 4) is 0 Å². The molecule has 1 aromatic rings. The van der Waals surface area contributed by atoms with Gasteiger partial charge in [-0.2, -0.15) is 5.10 Å². The summed E-state index contributed by atoms with van der Waals surface area (Å²) in [4.78, 5) is 0. The summed E-state index contributed by atoms with van der Waals surface area (Å²) in [6, 6.07) is 0. The number of methoxy groups -OCH3 is 1. The molecule has 1 fully saturated rings. The van der Waals surface area contributed by atoms with Crippen LogP contribution in [0.15, 0.2) is 6.20 Å². The molecule has 0 spiro atoms. The summed E-state index contributed by atoms with van der Waals surface area (Å²) >= 11 is 6.06. The number of aromatic nitrogens is 2. The van der Waals surface area contributed by atoms with E-state index in [1.165, 1.54) is 6.20 Å². The van der Waals surface area contributed by atoms with Gasteiger partial charge in [-0.1, -0.05) is 24.4 Å². The van der Waals surface area contributed by atoms with Crippen molar-refractivity contribution in [3.05, 3.63) is 16.9 Å². The smallest absolute Gasteiger partial charge is 0.126 e. The van der Waals surface area contributed by atoms with Crippen LogP contribution in [0.4, 0.5) is 0 Å². The third kappa shape index (κ3) is 2.54. The highest BCUT2D eigenvalue weighted by Gasteiger charge is 2.41. The number of halogens is 1. The minimum absolute atomic E-state index is 0.388. The second kappa shape index (κ2) is 5.57. The lowest BCUT2D eigenvalue weighted by Crippen LogP contribution is -2.34. The Balaban J connectivity index is 2.23. The second-order valence-corrected chi connectivity index (χ2v) is 5.21. The Bertz CT molecular complexity index is 402. The number of hydrogen-bond acceptors (Lipinski definition) is 4. The molecule has 102 valence electrons. The number of nitrogens with zero attached hydrogens (tertiary/aromatic N) is 2. The molecule has 5 nitrogen and oxygen atoms in total. The van der Waals surface area contributed by atoms with Gasteiger partial charge in [0.1, 0.15) is 6.10 Å². The monoisotopic (exact) mass is 274 g/mol. The van der Waals surface area contributed by atoms with Crippen LogP contribution in [-0.2, 0) is 11.3 Å². The minimum Gasteiger partial charge on any atom is -0.387 e. The van der Waals surface area contributed by atoms with E-state index in [0.29, 0.717) is 36.7 Å². The molecule has 0 saturated heterocycles. The molecular formula is C12H19ClN2O3. The zero-order valence-electron chi connectivity index (χ0n) is 10.5. The molecule has 0 radical (unpaired) electrons. The lowest BCUT2D eigenvalue weighted by Gasteiger charge is -2.29. The van der Waals surface area contributed by atoms with Crippen LogP contribution in [-0.4, -0.2) is 39.3 Å². The topological polar surface area (TPSA) is 67.5 Å². The molecular weight excluding hydrogens is 256 g/mol. The molecule has 0 bridgehead atoms. The summed E-state index contributed by atoms with van der Waals surface area (Å²) in [5.74, 6) is 0. The molecule has 0 aromatic carbocycles. The summed E-state index contributed by atoms with van der Waals surface area (Å²) in [6.45, 7) is 0.988. The first kappa shape index (κ1) is 13.8. The number of hydrogen-bond donors (Lipinski definition) is 2. The van der Waals surface area contributed by atoms with Gasteiger partial charge in [-0.3, -0.25) is 4.68 Å². The standard InChI is InChI=1S/C12H19ClN2O3/c1-18-7-6-15-10(9(13)8-14-15)11(16)12(17)4-2-3-5-12/h8,11,16-17H,2-7H2,1H3. The van der Waals surface area contributed by atoms with Crippen molar-refractivity contribution in [2.75, 3.05) is 13.7 Å². The number of ether oxygens (including phenoxy) is 1. The maximum Gasteiger partial charge on any atom is 0.126 e. The van der Waals surface area contributed by atoms with E-state index in [4.69, 9.17) is 16.3 Å². The molecule has 0 amide bonds. The van der Waals surface area contributed by atoms with Gasteiger partial charge in [-0.25, -0.2) is 0 Å². The van der Waals surface area contributed by atoms with E-state index in [-0.39, 0.29) is 0 Å². The van der Waals surface area contributed by atoms with Gasteiger partial charge in [0.2, 0.25) is 0 Å². The maximum atomic E-state index is 10.4. The van der Waals surface area contributed by atoms with E-state index >= 15 is 0 Å². The fourth-order valence-corrected chi connectivity index (χ4v) is 2.76. The molecule has 0 aliphatic heterocycles. The van der Waals surface area contributed by atoms with Gasteiger partial charge in [0.05, 0.1) is 35.7 Å². The van der Waals surface area contributed by atoms with Gasteiger partial charge < -0.3 is 14.9 Å². The average molecular weight is 275 g/mol. The highest BCUT2D eigenvalue weighted by atomic mass is 35.5. The maximum absolute atomic E-state index is 10.4. The number of aliphatic hydroxyl groups excluding tert-OH is 1. The summed E-state index contributed by atoms with van der Waals surface area (Å²) < 4.78 is 6.60. The van der Waals surface area contributed by atoms with Crippen molar-refractivity contribution < 1.29 is 14.9 Å². The van der Waals surface area contributed by atoms with E-state index in [1.807, 2.05) is 0 Å². The van der Waals surface area contributed by atoms with Crippen molar-refractivity contribution in [2.45, 2.75) is 43.9 Å². The molecule has 1 aromatic heterocycles. The molecule has 2 rings (SSSR count). The lowest BCUT2D eigenvalue weighted by atomic mass is 9.92. The van der Waals surface area contributed by atoms with E-state index < -0.39 is 11.7 Å². The zero-order valence-corrected chi connectivity index (χ0v) is 11.2. The van der Waals surface area contributed by atoms with Crippen molar-refractivity contribution in [2.24, 2.45) is 0 Å². The Labute approximate surface area is 111 Å². The first-order valence-corrected chi connectivity index (χ1v) is 6.57. The molecule has 1 aliphatic rings. The Morgan fingerprint density at radius 2 is 2.22 bits per heavy atom. The summed E-state index contributed by atoms with van der Waals surface area (Å²) in [7, 11) is 1.60. The van der Waals surface area contributed by atoms with Crippen LogP contribution in [0.5, 0.6) is 0 Å². The summed E-state index contributed by atoms with van der Waals surface area (Å²) in [5.41, 5.74) is -0.591. The van der Waals surface area contributed by atoms with E-state index in [0.717, 1.165) is 12.8 Å². The lowest BCUT2D eigenvalue weighted by molar-refractivity contribution is -0.0758. The predicted octanol–water partition coefficient (Wildman–Crippen LogP) is 1.52. The predicted molar refractivity (Wildman–Crippen MR) is 67.5 cm³/mol. The Kier molecular flexibility index (Phi) is 4.27. The van der Waals surface area contributed by atoms with Gasteiger partial charge in [-0.05, 0) is 12.8 Å². The highest BCUT2D eigenvalue weighted by Crippen LogP contribution is 2.41. The van der Waals surface area contributed by atoms with Gasteiger partial charge in [-0.15, -0.1) is 0 Å². The fraction of sp³-hybridized carbons (Fsp3) is 0.750. The molecule has 1 saturated carbocycles. The van der Waals surface area contributed by atoms with E-state index in [1.54, 1.807) is 11.8 Å². The SMILES string of the molecule is COCCn1ncc(Cl)c1C(O)C1(O)CCCC1. The second-order valence-electron chi connectivity index (χ2n) is 4.81. The summed E-state index contributed by atoms with van der Waals surface area (Å²) in [5, 5.41) is 25.3. The van der Waals surface area contributed by atoms with Crippen LogP contribution >= 0.6 is 11.6 Å².